The van der Waals surface area contributed by atoms with E-state index in [4.69, 9.17) is 23.2 Å². The van der Waals surface area contributed by atoms with Crippen LogP contribution in [0.4, 0.5) is 0 Å². The van der Waals surface area contributed by atoms with E-state index in [1.165, 1.54) is 10.9 Å². The molecule has 0 unspecified atom stereocenters. The van der Waals surface area contributed by atoms with Gasteiger partial charge in [0, 0.05) is 40.2 Å². The number of rotatable bonds is 4. The maximum absolute atomic E-state index is 6.15. The second kappa shape index (κ2) is 5.88. The SMILES string of the molecule is Clc1ccc(CNCc2c[nH]c3ccccc23)c(Cl)c1. The lowest BCUT2D eigenvalue weighted by Crippen LogP contribution is -2.12. The lowest BCUT2D eigenvalue weighted by molar-refractivity contribution is 0.696. The Hall–Kier alpha value is -1.48. The van der Waals surface area contributed by atoms with Gasteiger partial charge in [-0.2, -0.15) is 0 Å². The Morgan fingerprint density at radius 2 is 1.75 bits per heavy atom. The highest BCUT2D eigenvalue weighted by atomic mass is 35.5. The molecule has 2 nitrogen and oxygen atoms in total. The van der Waals surface area contributed by atoms with Gasteiger partial charge in [0.1, 0.15) is 0 Å². The maximum Gasteiger partial charge on any atom is 0.0465 e. The van der Waals surface area contributed by atoms with Gasteiger partial charge in [0.2, 0.25) is 0 Å². The summed E-state index contributed by atoms with van der Waals surface area (Å²) in [4.78, 5) is 3.27. The molecule has 0 saturated heterocycles. The largest absolute Gasteiger partial charge is 0.361 e. The van der Waals surface area contributed by atoms with Crippen molar-refractivity contribution in [2.75, 3.05) is 0 Å². The number of para-hydroxylation sites is 1. The molecule has 0 fully saturated rings. The van der Waals surface area contributed by atoms with Gasteiger partial charge in [-0.15, -0.1) is 0 Å². The number of nitrogens with one attached hydrogen (secondary N) is 2. The molecule has 0 radical (unpaired) electrons. The van der Waals surface area contributed by atoms with E-state index in [0.29, 0.717) is 10.0 Å². The van der Waals surface area contributed by atoms with Crippen molar-refractivity contribution in [2.24, 2.45) is 0 Å². The highest BCUT2D eigenvalue weighted by Gasteiger charge is 2.04. The summed E-state index contributed by atoms with van der Waals surface area (Å²) in [6.07, 6.45) is 2.04. The van der Waals surface area contributed by atoms with Crippen molar-refractivity contribution in [3.05, 3.63) is 69.8 Å². The lowest BCUT2D eigenvalue weighted by Gasteiger charge is -2.06. The first-order valence-electron chi connectivity index (χ1n) is 6.43. The molecule has 3 aromatic rings. The van der Waals surface area contributed by atoms with E-state index in [9.17, 15) is 0 Å². The van der Waals surface area contributed by atoms with E-state index in [1.54, 1.807) is 6.07 Å². The topological polar surface area (TPSA) is 27.8 Å². The molecule has 1 aromatic heterocycles. The summed E-state index contributed by atoms with van der Waals surface area (Å²) in [6.45, 7) is 1.51. The minimum absolute atomic E-state index is 0.662. The smallest absolute Gasteiger partial charge is 0.0465 e. The van der Waals surface area contributed by atoms with Gasteiger partial charge < -0.3 is 10.3 Å². The third-order valence-electron chi connectivity index (χ3n) is 3.32. The van der Waals surface area contributed by atoms with Crippen LogP contribution in [0.2, 0.25) is 10.0 Å². The van der Waals surface area contributed by atoms with Gasteiger partial charge in [0.05, 0.1) is 0 Å². The van der Waals surface area contributed by atoms with Gasteiger partial charge >= 0.3 is 0 Å². The summed E-state index contributed by atoms with van der Waals surface area (Å²) in [5.74, 6) is 0. The third kappa shape index (κ3) is 2.83. The first kappa shape index (κ1) is 13.5. The van der Waals surface area contributed by atoms with Gasteiger partial charge in [-0.1, -0.05) is 47.5 Å². The number of H-pyrrole nitrogens is 1. The van der Waals surface area contributed by atoms with Crippen molar-refractivity contribution < 1.29 is 0 Å². The Morgan fingerprint density at radius 1 is 0.950 bits per heavy atom. The molecule has 0 aliphatic heterocycles. The Balaban J connectivity index is 1.68. The molecule has 0 amide bonds. The number of aromatic amines is 1. The number of aromatic nitrogens is 1. The van der Waals surface area contributed by atoms with Crippen molar-refractivity contribution in [1.29, 1.82) is 0 Å². The Kier molecular flexibility index (Phi) is 3.97. The lowest BCUT2D eigenvalue weighted by atomic mass is 10.1. The summed E-state index contributed by atoms with van der Waals surface area (Å²) in [7, 11) is 0. The van der Waals surface area contributed by atoms with E-state index < -0.39 is 0 Å². The third-order valence-corrected chi connectivity index (χ3v) is 3.91. The minimum Gasteiger partial charge on any atom is -0.361 e. The minimum atomic E-state index is 0.662. The Bertz CT molecular complexity index is 734. The molecule has 2 aromatic carbocycles. The monoisotopic (exact) mass is 304 g/mol. The quantitative estimate of drug-likeness (QED) is 0.714. The Morgan fingerprint density at radius 3 is 2.60 bits per heavy atom. The summed E-state index contributed by atoms with van der Waals surface area (Å²) in [5, 5.41) is 6.02. The number of hydrogen-bond acceptors (Lipinski definition) is 1. The Labute approximate surface area is 127 Å². The normalized spacial score (nSPS) is 11.1. The maximum atomic E-state index is 6.15. The van der Waals surface area contributed by atoms with Crippen molar-refractivity contribution in [2.45, 2.75) is 13.1 Å². The van der Waals surface area contributed by atoms with E-state index in [0.717, 1.165) is 24.2 Å². The molecule has 2 N–H and O–H groups in total. The van der Waals surface area contributed by atoms with Gasteiger partial charge in [-0.3, -0.25) is 0 Å². The van der Waals surface area contributed by atoms with Crippen LogP contribution < -0.4 is 5.32 Å². The second-order valence-electron chi connectivity index (χ2n) is 4.70. The standard InChI is InChI=1S/C16H14Cl2N2/c17-13-6-5-11(15(18)7-13)8-19-9-12-10-20-16-4-2-1-3-14(12)16/h1-7,10,19-20H,8-9H2. The van der Waals surface area contributed by atoms with Crippen molar-refractivity contribution in [3.8, 4) is 0 Å². The molecule has 0 atom stereocenters. The molecular formula is C16H14Cl2N2. The number of fused-ring (bicyclic) bond motifs is 1. The molecule has 0 spiro atoms. The number of hydrogen-bond donors (Lipinski definition) is 2. The van der Waals surface area contributed by atoms with Crippen molar-refractivity contribution in [3.63, 3.8) is 0 Å². The summed E-state index contributed by atoms with van der Waals surface area (Å²) < 4.78 is 0. The van der Waals surface area contributed by atoms with Crippen LogP contribution in [0.15, 0.2) is 48.7 Å². The zero-order valence-electron chi connectivity index (χ0n) is 10.8. The fraction of sp³-hybridized carbons (Fsp3) is 0.125. The average Bonchev–Trinajstić information content (AvgIpc) is 2.85. The van der Waals surface area contributed by atoms with E-state index in [2.05, 4.69) is 28.5 Å². The summed E-state index contributed by atoms with van der Waals surface area (Å²) >= 11 is 12.0. The molecule has 20 heavy (non-hydrogen) atoms. The van der Waals surface area contributed by atoms with Crippen LogP contribution in [-0.2, 0) is 13.1 Å². The highest BCUT2D eigenvalue weighted by molar-refractivity contribution is 6.35. The second-order valence-corrected chi connectivity index (χ2v) is 5.54. The summed E-state index contributed by atoms with van der Waals surface area (Å²) in [6, 6.07) is 13.9. The van der Waals surface area contributed by atoms with Crippen LogP contribution in [0.5, 0.6) is 0 Å². The van der Waals surface area contributed by atoms with Crippen LogP contribution in [0.3, 0.4) is 0 Å². The number of benzene rings is 2. The predicted octanol–water partition coefficient (Wildman–Crippen LogP) is 4.76. The van der Waals surface area contributed by atoms with E-state index >= 15 is 0 Å². The molecule has 0 saturated carbocycles. The molecular weight excluding hydrogens is 291 g/mol. The van der Waals surface area contributed by atoms with Gasteiger partial charge in [-0.25, -0.2) is 0 Å². The average molecular weight is 305 g/mol. The van der Waals surface area contributed by atoms with Crippen molar-refractivity contribution >= 4 is 34.1 Å². The molecule has 102 valence electrons. The molecule has 0 aliphatic carbocycles. The first-order valence-corrected chi connectivity index (χ1v) is 7.19. The van der Waals surface area contributed by atoms with Crippen LogP contribution in [0, 0.1) is 0 Å². The van der Waals surface area contributed by atoms with Crippen LogP contribution in [0.25, 0.3) is 10.9 Å². The van der Waals surface area contributed by atoms with Crippen LogP contribution >= 0.6 is 23.2 Å². The fourth-order valence-electron chi connectivity index (χ4n) is 2.27. The fourth-order valence-corrected chi connectivity index (χ4v) is 2.75. The molecule has 0 aliphatic rings. The molecule has 3 rings (SSSR count). The van der Waals surface area contributed by atoms with Crippen molar-refractivity contribution in [1.82, 2.24) is 10.3 Å². The van der Waals surface area contributed by atoms with Gasteiger partial charge in [-0.05, 0) is 29.3 Å². The molecule has 0 bridgehead atoms. The van der Waals surface area contributed by atoms with Crippen LogP contribution in [-0.4, -0.2) is 4.98 Å². The zero-order chi connectivity index (χ0) is 13.9. The highest BCUT2D eigenvalue weighted by Crippen LogP contribution is 2.21. The van der Waals surface area contributed by atoms with Gasteiger partial charge in [0.15, 0.2) is 0 Å². The first-order chi connectivity index (χ1) is 9.74. The molecule has 1 heterocycles. The predicted molar refractivity (Wildman–Crippen MR) is 85.3 cm³/mol. The molecule has 4 heteroatoms. The zero-order valence-corrected chi connectivity index (χ0v) is 12.3. The summed E-state index contributed by atoms with van der Waals surface area (Å²) in [5.41, 5.74) is 3.47. The van der Waals surface area contributed by atoms with E-state index in [-0.39, 0.29) is 0 Å². The van der Waals surface area contributed by atoms with E-state index in [1.807, 2.05) is 24.4 Å². The van der Waals surface area contributed by atoms with Crippen LogP contribution in [0.1, 0.15) is 11.1 Å². The van der Waals surface area contributed by atoms with Gasteiger partial charge in [0.25, 0.3) is 0 Å². The number of halogens is 2.